The first kappa shape index (κ1) is 19.9. The van der Waals surface area contributed by atoms with Crippen LogP contribution in [0.25, 0.3) is 11.2 Å². The number of hydrogen-bond acceptors (Lipinski definition) is 7. The van der Waals surface area contributed by atoms with E-state index in [0.29, 0.717) is 42.4 Å². The van der Waals surface area contributed by atoms with Crippen LogP contribution in [0.15, 0.2) is 24.7 Å². The molecular weight excluding hydrogens is 356 g/mol. The van der Waals surface area contributed by atoms with Crippen LogP contribution in [0.5, 0.6) is 11.8 Å². The predicted molar refractivity (Wildman–Crippen MR) is 109 cm³/mol. The molecule has 8 nitrogen and oxygen atoms in total. The highest BCUT2D eigenvalue weighted by atomic mass is 16.5. The van der Waals surface area contributed by atoms with Gasteiger partial charge in [-0.05, 0) is 25.3 Å². The summed E-state index contributed by atoms with van der Waals surface area (Å²) < 4.78 is 13.4. The largest absolute Gasteiger partial charge is 0.478 e. The smallest absolute Gasteiger partial charge is 0.247 e. The van der Waals surface area contributed by atoms with Crippen molar-refractivity contribution in [1.82, 2.24) is 24.5 Å². The van der Waals surface area contributed by atoms with Gasteiger partial charge < -0.3 is 19.4 Å². The van der Waals surface area contributed by atoms with Gasteiger partial charge in [0.2, 0.25) is 17.7 Å². The number of pyridine rings is 1. The highest BCUT2D eigenvalue weighted by molar-refractivity contribution is 5.78. The molecule has 1 N–H and O–H groups in total. The number of anilines is 2. The van der Waals surface area contributed by atoms with Gasteiger partial charge in [0.05, 0.1) is 31.4 Å². The van der Waals surface area contributed by atoms with E-state index in [-0.39, 0.29) is 0 Å². The molecule has 3 aromatic heterocycles. The molecule has 0 amide bonds. The van der Waals surface area contributed by atoms with Crippen molar-refractivity contribution >= 4 is 22.8 Å². The molecule has 3 heterocycles. The number of unbranched alkanes of at least 4 members (excludes halogenated alkanes) is 1. The van der Waals surface area contributed by atoms with Gasteiger partial charge in [0.15, 0.2) is 11.2 Å². The van der Waals surface area contributed by atoms with E-state index in [1.54, 1.807) is 12.5 Å². The van der Waals surface area contributed by atoms with Gasteiger partial charge in [0, 0.05) is 12.6 Å². The molecule has 0 aromatic carbocycles. The van der Waals surface area contributed by atoms with Crippen LogP contribution in [-0.2, 0) is 6.54 Å². The van der Waals surface area contributed by atoms with E-state index in [9.17, 15) is 0 Å². The molecule has 0 aliphatic heterocycles. The molecule has 0 saturated carbocycles. The molecular formula is C20H28N6O2. The summed E-state index contributed by atoms with van der Waals surface area (Å²) in [6.45, 7) is 10.3. The molecule has 0 fully saturated rings. The van der Waals surface area contributed by atoms with Gasteiger partial charge in [-0.2, -0.15) is 9.97 Å². The minimum absolute atomic E-state index is 0.388. The molecule has 3 aromatic rings. The van der Waals surface area contributed by atoms with Gasteiger partial charge in [-0.15, -0.1) is 0 Å². The molecule has 150 valence electrons. The molecule has 8 heteroatoms. The Hall–Kier alpha value is -2.90. The zero-order valence-electron chi connectivity index (χ0n) is 17.0. The zero-order valence-corrected chi connectivity index (χ0v) is 17.0. The molecule has 0 unspecified atom stereocenters. The number of fused-ring (bicyclic) bond motifs is 1. The molecule has 0 radical (unpaired) electrons. The topological polar surface area (TPSA) is 87.0 Å². The minimum Gasteiger partial charge on any atom is -0.478 e. The van der Waals surface area contributed by atoms with Gasteiger partial charge in [-0.3, -0.25) is 0 Å². The molecule has 0 spiro atoms. The number of nitrogens with one attached hydrogen (secondary N) is 1. The normalized spacial score (nSPS) is 11.2. The molecule has 28 heavy (non-hydrogen) atoms. The standard InChI is InChI=1S/C20H28N6O2/c1-5-7-10-26-13-22-17-18(26)24-20(25-19(17)28-12-14(3)4)23-15-8-9-16(21-11-15)27-6-2/h8-9,11,13-14H,5-7,10,12H2,1-4H3,(H,23,24,25). The Kier molecular flexibility index (Phi) is 6.62. The molecule has 0 aliphatic carbocycles. The van der Waals surface area contributed by atoms with E-state index >= 15 is 0 Å². The third kappa shape index (κ3) is 4.88. The monoisotopic (exact) mass is 384 g/mol. The molecule has 0 aliphatic rings. The number of ether oxygens (including phenoxy) is 2. The van der Waals surface area contributed by atoms with Crippen LogP contribution in [0.2, 0.25) is 0 Å². The quantitative estimate of drug-likeness (QED) is 0.560. The Morgan fingerprint density at radius 1 is 1.11 bits per heavy atom. The fourth-order valence-corrected chi connectivity index (χ4v) is 2.63. The highest BCUT2D eigenvalue weighted by Crippen LogP contribution is 2.25. The lowest BCUT2D eigenvalue weighted by Gasteiger charge is -2.11. The summed E-state index contributed by atoms with van der Waals surface area (Å²) in [5.74, 6) is 1.92. The second-order valence-corrected chi connectivity index (χ2v) is 6.96. The van der Waals surface area contributed by atoms with Crippen LogP contribution in [0.4, 0.5) is 11.6 Å². The summed E-state index contributed by atoms with van der Waals surface area (Å²) in [6.07, 6.45) is 5.66. The van der Waals surface area contributed by atoms with Crippen molar-refractivity contribution in [1.29, 1.82) is 0 Å². The molecule has 0 bridgehead atoms. The number of hydrogen-bond donors (Lipinski definition) is 1. The van der Waals surface area contributed by atoms with Crippen LogP contribution in [0.3, 0.4) is 0 Å². The average Bonchev–Trinajstić information content (AvgIpc) is 3.09. The van der Waals surface area contributed by atoms with Crippen molar-refractivity contribution < 1.29 is 9.47 Å². The average molecular weight is 384 g/mol. The lowest BCUT2D eigenvalue weighted by Crippen LogP contribution is -2.09. The summed E-state index contributed by atoms with van der Waals surface area (Å²) in [5.41, 5.74) is 2.23. The van der Waals surface area contributed by atoms with Crippen LogP contribution in [-0.4, -0.2) is 37.7 Å². The number of aromatic nitrogens is 5. The summed E-state index contributed by atoms with van der Waals surface area (Å²) in [6, 6.07) is 3.70. The number of rotatable bonds is 10. The van der Waals surface area contributed by atoms with E-state index in [1.165, 1.54) is 0 Å². The summed E-state index contributed by atoms with van der Waals surface area (Å²) in [5, 5.41) is 3.21. The van der Waals surface area contributed by atoms with E-state index in [4.69, 9.17) is 9.47 Å². The van der Waals surface area contributed by atoms with Crippen LogP contribution >= 0.6 is 0 Å². The van der Waals surface area contributed by atoms with Crippen molar-refractivity contribution in [2.45, 2.75) is 47.1 Å². The van der Waals surface area contributed by atoms with Gasteiger partial charge >= 0.3 is 0 Å². The molecule has 0 atom stereocenters. The van der Waals surface area contributed by atoms with Crippen LogP contribution in [0, 0.1) is 5.92 Å². The summed E-state index contributed by atoms with van der Waals surface area (Å²) in [4.78, 5) is 18.0. The third-order valence-electron chi connectivity index (χ3n) is 4.02. The molecule has 3 rings (SSSR count). The van der Waals surface area contributed by atoms with Crippen molar-refractivity contribution in [2.75, 3.05) is 18.5 Å². The Morgan fingerprint density at radius 2 is 1.96 bits per heavy atom. The Bertz CT molecular complexity index is 892. The maximum atomic E-state index is 5.93. The van der Waals surface area contributed by atoms with Gasteiger partial charge in [-0.25, -0.2) is 9.97 Å². The fraction of sp³-hybridized carbons (Fsp3) is 0.500. The second-order valence-electron chi connectivity index (χ2n) is 6.96. The van der Waals surface area contributed by atoms with Crippen molar-refractivity contribution in [3.8, 4) is 11.8 Å². The Morgan fingerprint density at radius 3 is 2.64 bits per heavy atom. The number of imidazole rings is 1. The van der Waals surface area contributed by atoms with Crippen molar-refractivity contribution in [3.05, 3.63) is 24.7 Å². The Balaban J connectivity index is 1.91. The first-order valence-electron chi connectivity index (χ1n) is 9.82. The van der Waals surface area contributed by atoms with Crippen LogP contribution in [0.1, 0.15) is 40.5 Å². The lowest BCUT2D eigenvalue weighted by atomic mass is 10.2. The Labute approximate surface area is 165 Å². The molecule has 0 saturated heterocycles. The fourth-order valence-electron chi connectivity index (χ4n) is 2.63. The highest BCUT2D eigenvalue weighted by Gasteiger charge is 2.15. The predicted octanol–water partition coefficient (Wildman–Crippen LogP) is 4.20. The SMILES string of the molecule is CCCCn1cnc2c(OCC(C)C)nc(Nc3ccc(OCC)nc3)nc21. The first-order chi connectivity index (χ1) is 13.6. The van der Waals surface area contributed by atoms with Gasteiger partial charge in [0.1, 0.15) is 0 Å². The van der Waals surface area contributed by atoms with E-state index in [0.717, 1.165) is 30.7 Å². The number of aryl methyl sites for hydroxylation is 1. The lowest BCUT2D eigenvalue weighted by molar-refractivity contribution is 0.264. The minimum atomic E-state index is 0.388. The van der Waals surface area contributed by atoms with E-state index in [2.05, 4.69) is 46.0 Å². The third-order valence-corrected chi connectivity index (χ3v) is 4.02. The summed E-state index contributed by atoms with van der Waals surface area (Å²) in [7, 11) is 0. The van der Waals surface area contributed by atoms with E-state index in [1.807, 2.05) is 23.6 Å². The number of nitrogens with zero attached hydrogens (tertiary/aromatic N) is 5. The van der Waals surface area contributed by atoms with Gasteiger partial charge in [0.25, 0.3) is 0 Å². The van der Waals surface area contributed by atoms with E-state index < -0.39 is 0 Å². The summed E-state index contributed by atoms with van der Waals surface area (Å²) >= 11 is 0. The van der Waals surface area contributed by atoms with Gasteiger partial charge in [-0.1, -0.05) is 27.2 Å². The van der Waals surface area contributed by atoms with Crippen molar-refractivity contribution in [2.24, 2.45) is 5.92 Å². The van der Waals surface area contributed by atoms with Crippen LogP contribution < -0.4 is 14.8 Å². The van der Waals surface area contributed by atoms with Crippen molar-refractivity contribution in [3.63, 3.8) is 0 Å². The second kappa shape index (κ2) is 9.34. The maximum absolute atomic E-state index is 5.93. The first-order valence-corrected chi connectivity index (χ1v) is 9.82. The maximum Gasteiger partial charge on any atom is 0.247 e. The zero-order chi connectivity index (χ0) is 19.9.